The highest BCUT2D eigenvalue weighted by Crippen LogP contribution is 2.37. The first-order valence-electron chi connectivity index (χ1n) is 43.3. The zero-order valence-electron chi connectivity index (χ0n) is 78.0. The largest absolute Gasteiger partial charge is 1.00 e. The Balaban J connectivity index is 0.00000172. The summed E-state index contributed by atoms with van der Waals surface area (Å²) in [7, 11) is 0. The molecule has 11 atom stereocenters. The Kier molecular flexibility index (Phi) is 61.2. The third-order valence-electron chi connectivity index (χ3n) is 21.3. The number of carbonyl (C=O) groups excluding carboxylic acids is 16. The van der Waals surface area contributed by atoms with Crippen LogP contribution >= 0.6 is 34.8 Å². The maximum Gasteiger partial charge on any atom is 0.414 e. The molecule has 5 heterocycles. The fourth-order valence-electron chi connectivity index (χ4n) is 15.3. The lowest BCUT2D eigenvalue weighted by Gasteiger charge is -2.38. The summed E-state index contributed by atoms with van der Waals surface area (Å²) in [6.07, 6.45) is 21.0. The molecule has 30 nitrogen and oxygen atoms in total. The maximum absolute atomic E-state index is 13.3. The van der Waals surface area contributed by atoms with Crippen LogP contribution in [-0.2, 0) is 94.6 Å². The van der Waals surface area contributed by atoms with Crippen molar-refractivity contribution < 1.29 is 156 Å². The van der Waals surface area contributed by atoms with Crippen molar-refractivity contribution in [1.82, 2.24) is 25.3 Å². The third kappa shape index (κ3) is 47.5. The summed E-state index contributed by atoms with van der Waals surface area (Å²) in [5.41, 5.74) is 3.70. The number of benzene rings is 4. The van der Waals surface area contributed by atoms with E-state index in [-0.39, 0.29) is 140 Å². The number of aliphatic hydroxyl groups is 1. The third-order valence-corrected chi connectivity index (χ3v) is 21.9. The number of likely N-dealkylation sites (tertiary alicyclic amines) is 3. The van der Waals surface area contributed by atoms with Gasteiger partial charge >= 0.3 is 54.8 Å². The standard InChI is InChI=1S/C33H47N3O6.C29H39N3O6.C15H20ClNO2.C14H20.C2H2Cl2O.4CO2.ClH.HI/c1-23(25-15-10-9-11-16-25)27-18-12-13-20-36(27)31(39)40-22-35-19-14-17-26(21-35)29(37)34-28(24(2)41-32(3,4)5)30(38)42-33(6,7)8;1-20(22-12-7-6-8-13-22)24-15-9-10-17-32(24)28(36)37-19-31-16-11-14-23(18-31)26(34)30-25(21(2)33)27(35)38-29(3,4)5;1-12(13-7-3-2-4-8-13)14-9-5-6-10-17(14)15(18)19-11-16;1-12(13-8-4-2-5-9-13)14-10-6-3-7-11-14;3-1-2(4)5;4*2-1-3;;/h9-11,14-17,19,21,23-24,27-28H,12-13,18,20,22H2,1-8H3;6-8,11-14,16,18,20-21,24-25,33H,9-10,15,17,19H2,1-5H3;2-4,7-8,12,14H,5-6,9-11H2,1H3;2,4-5,8-9,12,14H,3,6-7,10-11H2,1H3;1H2;;;;;2*1H/t23-,24-,27-,28+;20-,21-,24-,25+;12-,14-;12-;;;;;;;/m1111......./s1. The predicted molar refractivity (Wildman–Crippen MR) is 480 cm³/mol. The number of carbonyl (C=O) groups is 8. The van der Waals surface area contributed by atoms with E-state index in [0.717, 1.165) is 76.2 Å². The van der Waals surface area contributed by atoms with Gasteiger partial charge in [0.25, 0.3) is 25.3 Å². The van der Waals surface area contributed by atoms with Crippen molar-refractivity contribution in [3.05, 3.63) is 204 Å². The molecule has 3 saturated heterocycles. The van der Waals surface area contributed by atoms with Gasteiger partial charge in [0, 0.05) is 67.6 Å². The van der Waals surface area contributed by atoms with Gasteiger partial charge < -0.3 is 95.2 Å². The van der Waals surface area contributed by atoms with Crippen molar-refractivity contribution in [1.29, 1.82) is 0 Å². The lowest BCUT2D eigenvalue weighted by Crippen LogP contribution is -3.00. The number of nitrogens with zero attached hydrogens (tertiary/aromatic N) is 5. The van der Waals surface area contributed by atoms with Crippen LogP contribution in [0.25, 0.3) is 0 Å². The molecule has 4 aromatic carbocycles. The number of piperidine rings is 3. The molecule has 10 rings (SSSR count). The molecule has 0 radical (unpaired) electrons. The second kappa shape index (κ2) is 66.3. The Morgan fingerprint density at radius 1 is 0.424 bits per heavy atom. The van der Waals surface area contributed by atoms with Crippen molar-refractivity contribution in [3.8, 4) is 0 Å². The number of hydrogen-bond donors (Lipinski definition) is 3. The average Bonchev–Trinajstić information content (AvgIpc) is 0.826. The minimum absolute atomic E-state index is 0. The normalized spacial score (nSPS) is 16.7. The zero-order valence-corrected chi connectivity index (χ0v) is 83.2. The van der Waals surface area contributed by atoms with Crippen LogP contribution < -0.4 is 56.2 Å². The first-order chi connectivity index (χ1) is 61.6. The van der Waals surface area contributed by atoms with Gasteiger partial charge in [0.2, 0.25) is 5.24 Å². The van der Waals surface area contributed by atoms with Gasteiger partial charge in [-0.1, -0.05) is 180 Å². The van der Waals surface area contributed by atoms with Crippen molar-refractivity contribution >= 4 is 107 Å². The van der Waals surface area contributed by atoms with Crippen LogP contribution in [0.5, 0.6) is 0 Å². The molecule has 0 spiro atoms. The highest BCUT2D eigenvalue weighted by atomic mass is 127. The van der Waals surface area contributed by atoms with Gasteiger partial charge in [-0.15, -0.1) is 11.6 Å². The van der Waals surface area contributed by atoms with Crippen LogP contribution in [0.2, 0.25) is 0 Å². The van der Waals surface area contributed by atoms with Gasteiger partial charge in [0.15, 0.2) is 42.9 Å². The van der Waals surface area contributed by atoms with Gasteiger partial charge in [0.1, 0.15) is 22.3 Å². The maximum atomic E-state index is 13.3. The fraction of sp³-hybridized carbons (Fsp3) is 0.526. The zero-order chi connectivity index (χ0) is 97.5. The van der Waals surface area contributed by atoms with E-state index in [1.165, 1.54) is 67.5 Å². The van der Waals surface area contributed by atoms with Crippen LogP contribution in [0.1, 0.15) is 260 Å². The minimum atomic E-state index is -1.23. The fourth-order valence-corrected chi connectivity index (χ4v) is 15.4. The lowest BCUT2D eigenvalue weighted by molar-refractivity contribution is -0.727. The summed E-state index contributed by atoms with van der Waals surface area (Å²) in [5, 5.41) is 14.9. The summed E-state index contributed by atoms with van der Waals surface area (Å²) in [6.45, 7) is 30.0. The van der Waals surface area contributed by atoms with E-state index in [1.807, 2.05) is 90.1 Å². The minimum Gasteiger partial charge on any atom is -1.00 e. The van der Waals surface area contributed by atoms with Gasteiger partial charge in [-0.2, -0.15) is 47.5 Å². The van der Waals surface area contributed by atoms with E-state index in [9.17, 15) is 43.5 Å². The Hall–Kier alpha value is -10.1. The molecule has 4 aliphatic rings. The number of aromatic nitrogens is 2. The van der Waals surface area contributed by atoms with E-state index in [4.69, 9.17) is 102 Å². The first kappa shape index (κ1) is 122. The second-order valence-electron chi connectivity index (χ2n) is 34.2. The van der Waals surface area contributed by atoms with Crippen molar-refractivity contribution in [2.75, 3.05) is 31.6 Å². The van der Waals surface area contributed by atoms with Crippen molar-refractivity contribution in [2.45, 2.75) is 290 Å². The SMILES string of the molecule is C[C@H](c1ccccc1)C1CCCCC1.C[C@H](c1ccccc1)[C@H]1CCCCN1C(=O)OCCl.C[C@H](c1ccccc1)[C@H]1CCCCN1C(=O)OC[n+]1cccc(C(=O)N[C@H](C(=O)OC(C)(C)C)[C@@H](C)O)c1.C[C@H](c1ccccc1)[C@H]1CCCCN1C(=O)OC[n+]1cccc(C(=O)N[C@H](C(=O)OC(C)(C)C)[C@@H](C)OC(C)(C)C)c1.O=C(Cl)CCl.O=C=O.O=C=O.O=C=O.O=C=O.[Cl-].[I-]. The van der Waals surface area contributed by atoms with Crippen LogP contribution in [-0.4, -0.2) is 182 Å². The van der Waals surface area contributed by atoms with Crippen LogP contribution in [0.3, 0.4) is 0 Å². The molecule has 6 aromatic rings. The molecule has 5 amide bonds. The van der Waals surface area contributed by atoms with E-state index < -0.39 is 70.1 Å². The van der Waals surface area contributed by atoms with Crippen LogP contribution in [0.4, 0.5) is 14.4 Å². The Bertz CT molecular complexity index is 4460. The average molecular weight is 2030 g/mol. The number of rotatable bonds is 23. The van der Waals surface area contributed by atoms with Gasteiger partial charge in [-0.3, -0.25) is 14.4 Å². The van der Waals surface area contributed by atoms with Gasteiger partial charge in [-0.25, -0.2) is 24.0 Å². The second-order valence-corrected chi connectivity index (χ2v) is 35.2. The van der Waals surface area contributed by atoms with Gasteiger partial charge in [0.05, 0.1) is 23.7 Å². The number of halogens is 5. The number of alkyl halides is 2. The summed E-state index contributed by atoms with van der Waals surface area (Å²) >= 11 is 15.0. The molecule has 3 aliphatic heterocycles. The lowest BCUT2D eigenvalue weighted by atomic mass is 9.78. The van der Waals surface area contributed by atoms with E-state index >= 15 is 0 Å². The number of amides is 5. The molecular weight excluding hydrogens is 1900 g/mol. The molecule has 0 bridgehead atoms. The molecule has 726 valence electrons. The molecule has 2 aromatic heterocycles. The van der Waals surface area contributed by atoms with Crippen LogP contribution in [0, 0.1) is 5.92 Å². The molecular formula is C97H130Cl4IN7O23. The van der Waals surface area contributed by atoms with Crippen molar-refractivity contribution in [3.63, 3.8) is 0 Å². The van der Waals surface area contributed by atoms with Crippen LogP contribution in [0.15, 0.2) is 170 Å². The number of pyridine rings is 2. The number of esters is 2. The predicted octanol–water partition coefficient (Wildman–Crippen LogP) is 9.93. The van der Waals surface area contributed by atoms with E-state index in [0.29, 0.717) is 24.6 Å². The molecule has 3 N–H and O–H groups in total. The molecule has 35 heteroatoms. The molecule has 1 aliphatic carbocycles. The molecule has 1 saturated carbocycles. The number of ether oxygens (including phenoxy) is 6. The topological polar surface area (TPSA) is 390 Å². The number of nitrogens with one attached hydrogen (secondary N) is 2. The molecule has 4 fully saturated rings. The highest BCUT2D eigenvalue weighted by molar-refractivity contribution is 6.67. The van der Waals surface area contributed by atoms with Crippen molar-refractivity contribution in [2.24, 2.45) is 5.92 Å². The van der Waals surface area contributed by atoms with Gasteiger partial charge in [-0.05, 0) is 205 Å². The van der Waals surface area contributed by atoms with E-state index in [1.54, 1.807) is 100 Å². The highest BCUT2D eigenvalue weighted by Gasteiger charge is 2.39. The summed E-state index contributed by atoms with van der Waals surface area (Å²) in [5.74, 6) is -0.0602. The summed E-state index contributed by atoms with van der Waals surface area (Å²) in [6, 6.07) is 46.2. The molecule has 0 unspecified atom stereocenters. The van der Waals surface area contributed by atoms with E-state index in [2.05, 4.69) is 105 Å². The Labute approximate surface area is 813 Å². The summed E-state index contributed by atoms with van der Waals surface area (Å²) < 4.78 is 36.4. The number of hydrogen-bond acceptors (Lipinski definition) is 23. The number of aliphatic hydroxyl groups excluding tert-OH is 1. The Morgan fingerprint density at radius 3 is 1.00 bits per heavy atom. The molecule has 132 heavy (non-hydrogen) atoms. The summed E-state index contributed by atoms with van der Waals surface area (Å²) in [4.78, 5) is 170. The smallest absolute Gasteiger partial charge is 0.414 e. The monoisotopic (exact) mass is 2030 g/mol. The quantitative estimate of drug-likeness (QED) is 0.0134. The first-order valence-corrected chi connectivity index (χ1v) is 44.8. The Morgan fingerprint density at radius 2 is 0.712 bits per heavy atom.